The summed E-state index contributed by atoms with van der Waals surface area (Å²) >= 11 is 0. The van der Waals surface area contributed by atoms with E-state index in [0.717, 1.165) is 23.7 Å². The normalized spacial score (nSPS) is 15.6. The molecule has 0 heterocycles. The molecule has 0 bridgehead atoms. The molecule has 1 N–H and O–H groups in total. The third kappa shape index (κ3) is 2.07. The zero-order valence-corrected chi connectivity index (χ0v) is 8.49. The van der Waals surface area contributed by atoms with Gasteiger partial charge in [-0.05, 0) is 42.4 Å². The number of aliphatic hydroxyl groups is 1. The largest absolute Gasteiger partial charge is 0.496 e. The van der Waals surface area contributed by atoms with Gasteiger partial charge in [0, 0.05) is 0 Å². The summed E-state index contributed by atoms with van der Waals surface area (Å²) in [5, 5.41) is 8.99. The van der Waals surface area contributed by atoms with Crippen molar-refractivity contribution in [3.8, 4) is 5.75 Å². The van der Waals surface area contributed by atoms with Gasteiger partial charge in [0.05, 0.1) is 13.7 Å². The number of rotatable bonds is 4. The Kier molecular flexibility index (Phi) is 2.73. The second-order valence-electron chi connectivity index (χ2n) is 3.95. The Bertz CT molecular complexity index is 316. The Morgan fingerprint density at radius 3 is 2.79 bits per heavy atom. The fourth-order valence-corrected chi connectivity index (χ4v) is 1.69. The van der Waals surface area contributed by atoms with Crippen molar-refractivity contribution in [1.82, 2.24) is 0 Å². The van der Waals surface area contributed by atoms with Gasteiger partial charge in [0.2, 0.25) is 0 Å². The van der Waals surface area contributed by atoms with Gasteiger partial charge in [0.1, 0.15) is 5.75 Å². The van der Waals surface area contributed by atoms with E-state index in [1.165, 1.54) is 18.4 Å². The molecule has 1 aromatic carbocycles. The van der Waals surface area contributed by atoms with Crippen LogP contribution in [0.2, 0.25) is 0 Å². The van der Waals surface area contributed by atoms with E-state index in [-0.39, 0.29) is 6.61 Å². The van der Waals surface area contributed by atoms with Gasteiger partial charge < -0.3 is 9.84 Å². The van der Waals surface area contributed by atoms with Gasteiger partial charge in [-0.1, -0.05) is 12.1 Å². The minimum absolute atomic E-state index is 0.0834. The molecule has 14 heavy (non-hydrogen) atoms. The summed E-state index contributed by atoms with van der Waals surface area (Å²) in [5.41, 5.74) is 2.19. The van der Waals surface area contributed by atoms with Crippen LogP contribution in [0.15, 0.2) is 18.2 Å². The molecular weight excluding hydrogens is 176 g/mol. The summed E-state index contributed by atoms with van der Waals surface area (Å²) in [7, 11) is 1.69. The van der Waals surface area contributed by atoms with Crippen LogP contribution in [0.25, 0.3) is 0 Å². The molecule has 1 saturated carbocycles. The molecule has 1 aromatic rings. The van der Waals surface area contributed by atoms with E-state index in [9.17, 15) is 0 Å². The maximum atomic E-state index is 8.99. The van der Waals surface area contributed by atoms with Crippen molar-refractivity contribution in [3.63, 3.8) is 0 Å². The molecule has 0 unspecified atom stereocenters. The lowest BCUT2D eigenvalue weighted by Gasteiger charge is -2.09. The van der Waals surface area contributed by atoms with E-state index >= 15 is 0 Å². The lowest BCUT2D eigenvalue weighted by Crippen LogP contribution is -1.95. The van der Waals surface area contributed by atoms with Crippen molar-refractivity contribution in [1.29, 1.82) is 0 Å². The Morgan fingerprint density at radius 1 is 1.43 bits per heavy atom. The predicted molar refractivity (Wildman–Crippen MR) is 55.3 cm³/mol. The van der Waals surface area contributed by atoms with E-state index in [2.05, 4.69) is 6.07 Å². The van der Waals surface area contributed by atoms with Crippen molar-refractivity contribution >= 4 is 0 Å². The summed E-state index contributed by atoms with van der Waals surface area (Å²) in [6, 6.07) is 5.97. The number of benzene rings is 1. The molecule has 1 aliphatic carbocycles. The molecule has 0 amide bonds. The number of ether oxygens (including phenoxy) is 1. The highest BCUT2D eigenvalue weighted by atomic mass is 16.5. The molecule has 0 aliphatic heterocycles. The van der Waals surface area contributed by atoms with Gasteiger partial charge in [-0.3, -0.25) is 0 Å². The van der Waals surface area contributed by atoms with Crippen LogP contribution in [0, 0.1) is 5.92 Å². The lowest BCUT2D eigenvalue weighted by molar-refractivity contribution is 0.281. The molecule has 1 aliphatic rings. The Morgan fingerprint density at radius 2 is 2.21 bits per heavy atom. The maximum absolute atomic E-state index is 8.99. The average Bonchev–Trinajstić information content (AvgIpc) is 3.02. The van der Waals surface area contributed by atoms with Gasteiger partial charge in [-0.15, -0.1) is 0 Å². The standard InChI is InChI=1S/C12H16O2/c1-14-12-7-10(8-13)4-5-11(12)6-9-2-3-9/h4-5,7,9,13H,2-3,6,8H2,1H3. The molecule has 2 heteroatoms. The van der Waals surface area contributed by atoms with Crippen LogP contribution in [0.3, 0.4) is 0 Å². The molecule has 0 atom stereocenters. The highest BCUT2D eigenvalue weighted by Crippen LogP contribution is 2.35. The van der Waals surface area contributed by atoms with Crippen LogP contribution >= 0.6 is 0 Å². The van der Waals surface area contributed by atoms with Gasteiger partial charge in [-0.2, -0.15) is 0 Å². The average molecular weight is 192 g/mol. The van der Waals surface area contributed by atoms with Crippen LogP contribution in [0.1, 0.15) is 24.0 Å². The quantitative estimate of drug-likeness (QED) is 0.792. The molecule has 0 aromatic heterocycles. The molecule has 2 rings (SSSR count). The summed E-state index contributed by atoms with van der Waals surface area (Å²) in [4.78, 5) is 0. The van der Waals surface area contributed by atoms with Gasteiger partial charge >= 0.3 is 0 Å². The zero-order valence-electron chi connectivity index (χ0n) is 8.49. The second kappa shape index (κ2) is 4.01. The third-order valence-corrected chi connectivity index (χ3v) is 2.74. The van der Waals surface area contributed by atoms with Crippen molar-refractivity contribution in [2.45, 2.75) is 25.9 Å². The predicted octanol–water partition coefficient (Wildman–Crippen LogP) is 2.14. The summed E-state index contributed by atoms with van der Waals surface area (Å²) in [6.45, 7) is 0.0834. The Balaban J connectivity index is 2.19. The fraction of sp³-hybridized carbons (Fsp3) is 0.500. The van der Waals surface area contributed by atoms with E-state index in [4.69, 9.17) is 9.84 Å². The lowest BCUT2D eigenvalue weighted by atomic mass is 10.1. The summed E-state index contributed by atoms with van der Waals surface area (Å²) in [6.07, 6.45) is 3.82. The summed E-state index contributed by atoms with van der Waals surface area (Å²) in [5.74, 6) is 1.78. The summed E-state index contributed by atoms with van der Waals surface area (Å²) < 4.78 is 5.31. The molecule has 2 nitrogen and oxygen atoms in total. The van der Waals surface area contributed by atoms with Crippen LogP contribution < -0.4 is 4.74 Å². The van der Waals surface area contributed by atoms with E-state index in [1.54, 1.807) is 7.11 Å². The minimum atomic E-state index is 0.0834. The van der Waals surface area contributed by atoms with Crippen molar-refractivity contribution in [2.75, 3.05) is 7.11 Å². The molecule has 1 fully saturated rings. The third-order valence-electron chi connectivity index (χ3n) is 2.74. The highest BCUT2D eigenvalue weighted by molar-refractivity contribution is 5.38. The Hall–Kier alpha value is -1.02. The first-order valence-corrected chi connectivity index (χ1v) is 5.10. The first-order valence-electron chi connectivity index (χ1n) is 5.10. The van der Waals surface area contributed by atoms with Crippen molar-refractivity contribution in [2.24, 2.45) is 5.92 Å². The Labute approximate surface area is 84.5 Å². The molecule has 76 valence electrons. The smallest absolute Gasteiger partial charge is 0.122 e. The monoisotopic (exact) mass is 192 g/mol. The number of methoxy groups -OCH3 is 1. The first kappa shape index (κ1) is 9.53. The van der Waals surface area contributed by atoms with E-state index < -0.39 is 0 Å². The molecular formula is C12H16O2. The topological polar surface area (TPSA) is 29.5 Å². The van der Waals surface area contributed by atoms with Crippen LogP contribution in [-0.2, 0) is 13.0 Å². The molecule has 0 spiro atoms. The SMILES string of the molecule is COc1cc(CO)ccc1CC1CC1. The van der Waals surface area contributed by atoms with Crippen LogP contribution in [0.5, 0.6) is 5.75 Å². The van der Waals surface area contributed by atoms with Crippen LogP contribution in [0.4, 0.5) is 0 Å². The fourth-order valence-electron chi connectivity index (χ4n) is 1.69. The van der Waals surface area contributed by atoms with Crippen molar-refractivity contribution in [3.05, 3.63) is 29.3 Å². The van der Waals surface area contributed by atoms with E-state index in [0.29, 0.717) is 0 Å². The minimum Gasteiger partial charge on any atom is -0.496 e. The second-order valence-corrected chi connectivity index (χ2v) is 3.95. The molecule has 0 saturated heterocycles. The first-order chi connectivity index (χ1) is 6.83. The van der Waals surface area contributed by atoms with E-state index in [1.807, 2.05) is 12.1 Å². The van der Waals surface area contributed by atoms with Crippen LogP contribution in [-0.4, -0.2) is 12.2 Å². The number of hydrogen-bond acceptors (Lipinski definition) is 2. The van der Waals surface area contributed by atoms with Gasteiger partial charge in [0.25, 0.3) is 0 Å². The maximum Gasteiger partial charge on any atom is 0.122 e. The molecule has 0 radical (unpaired) electrons. The van der Waals surface area contributed by atoms with Crippen molar-refractivity contribution < 1.29 is 9.84 Å². The number of hydrogen-bond donors (Lipinski definition) is 1. The van der Waals surface area contributed by atoms with Gasteiger partial charge in [0.15, 0.2) is 0 Å². The number of aliphatic hydroxyl groups excluding tert-OH is 1. The van der Waals surface area contributed by atoms with Gasteiger partial charge in [-0.25, -0.2) is 0 Å². The highest BCUT2D eigenvalue weighted by Gasteiger charge is 2.22. The zero-order chi connectivity index (χ0) is 9.97.